The lowest BCUT2D eigenvalue weighted by Gasteiger charge is -2.32. The van der Waals surface area contributed by atoms with Crippen LogP contribution in [0.4, 0.5) is 0 Å². The molecule has 0 atom stereocenters. The number of hydrogen-bond donors (Lipinski definition) is 1. The van der Waals surface area contributed by atoms with Crippen molar-refractivity contribution in [2.45, 2.75) is 32.4 Å². The van der Waals surface area contributed by atoms with Crippen LogP contribution in [-0.2, 0) is 17.9 Å². The zero-order chi connectivity index (χ0) is 16.9. The van der Waals surface area contributed by atoms with Gasteiger partial charge in [-0.15, -0.1) is 5.10 Å². The molecule has 0 radical (unpaired) electrons. The molecule has 24 heavy (non-hydrogen) atoms. The van der Waals surface area contributed by atoms with Gasteiger partial charge in [0.05, 0.1) is 6.20 Å². The van der Waals surface area contributed by atoms with Crippen molar-refractivity contribution in [3.05, 3.63) is 47.8 Å². The Morgan fingerprint density at radius 2 is 2.00 bits per heavy atom. The van der Waals surface area contributed by atoms with Gasteiger partial charge >= 0.3 is 5.97 Å². The zero-order valence-electron chi connectivity index (χ0n) is 13.3. The summed E-state index contributed by atoms with van der Waals surface area (Å²) >= 11 is 0. The first-order chi connectivity index (χ1) is 11.6. The van der Waals surface area contributed by atoms with Crippen LogP contribution >= 0.6 is 0 Å². The number of aromatic nitrogens is 3. The first-order valence-electron chi connectivity index (χ1n) is 8.07. The summed E-state index contributed by atoms with van der Waals surface area (Å²) in [5.41, 5.74) is 0.923. The molecule has 2 aromatic rings. The van der Waals surface area contributed by atoms with E-state index in [1.165, 1.54) is 17.3 Å². The molecule has 7 nitrogen and oxygen atoms in total. The molecule has 0 spiro atoms. The third kappa shape index (κ3) is 3.98. The number of aromatic carboxylic acids is 1. The summed E-state index contributed by atoms with van der Waals surface area (Å²) < 4.78 is 1.28. The monoisotopic (exact) mass is 328 g/mol. The Morgan fingerprint density at radius 1 is 1.25 bits per heavy atom. The van der Waals surface area contributed by atoms with Crippen LogP contribution in [0.3, 0.4) is 0 Å². The number of nitrogens with zero attached hydrogens (tertiary/aromatic N) is 4. The van der Waals surface area contributed by atoms with E-state index in [0.29, 0.717) is 12.5 Å². The zero-order valence-corrected chi connectivity index (χ0v) is 13.3. The molecule has 1 aromatic heterocycles. The van der Waals surface area contributed by atoms with Crippen LogP contribution in [0.2, 0.25) is 0 Å². The fourth-order valence-corrected chi connectivity index (χ4v) is 2.76. The van der Waals surface area contributed by atoms with E-state index >= 15 is 0 Å². The summed E-state index contributed by atoms with van der Waals surface area (Å²) in [6.45, 7) is 1.28. The normalized spacial score (nSPS) is 14.2. The second kappa shape index (κ2) is 7.25. The van der Waals surface area contributed by atoms with E-state index < -0.39 is 5.97 Å². The molecule has 1 saturated carbocycles. The number of carbonyl (C=O) groups is 2. The molecule has 1 N–H and O–H groups in total. The van der Waals surface area contributed by atoms with E-state index in [1.54, 1.807) is 0 Å². The van der Waals surface area contributed by atoms with Crippen LogP contribution in [0.1, 0.15) is 35.3 Å². The second-order valence-electron chi connectivity index (χ2n) is 6.16. The average molecular weight is 328 g/mol. The van der Waals surface area contributed by atoms with Crippen LogP contribution in [-0.4, -0.2) is 43.4 Å². The lowest BCUT2D eigenvalue weighted by Crippen LogP contribution is -2.38. The van der Waals surface area contributed by atoms with E-state index in [2.05, 4.69) is 10.3 Å². The van der Waals surface area contributed by atoms with Gasteiger partial charge in [0.15, 0.2) is 5.69 Å². The topological polar surface area (TPSA) is 88.3 Å². The minimum atomic E-state index is -1.15. The standard InChI is InChI=1S/C17H20N4O3/c22-16(12-21-11-15(17(23)24)18-19-21)20(10-14-7-4-8-14)9-13-5-2-1-3-6-13/h1-3,5-6,11,14H,4,7-10,12H2,(H,23,24). The summed E-state index contributed by atoms with van der Waals surface area (Å²) in [4.78, 5) is 25.4. The summed E-state index contributed by atoms with van der Waals surface area (Å²) in [7, 11) is 0. The van der Waals surface area contributed by atoms with Crippen molar-refractivity contribution in [1.82, 2.24) is 19.9 Å². The maximum absolute atomic E-state index is 12.7. The minimum Gasteiger partial charge on any atom is -0.476 e. The highest BCUT2D eigenvalue weighted by Gasteiger charge is 2.24. The van der Waals surface area contributed by atoms with Crippen molar-refractivity contribution < 1.29 is 14.7 Å². The predicted octanol–water partition coefficient (Wildman–Crippen LogP) is 1.81. The van der Waals surface area contributed by atoms with E-state index in [1.807, 2.05) is 35.2 Å². The van der Waals surface area contributed by atoms with Crippen molar-refractivity contribution >= 4 is 11.9 Å². The van der Waals surface area contributed by atoms with Crippen LogP contribution < -0.4 is 0 Å². The smallest absolute Gasteiger partial charge is 0.358 e. The lowest BCUT2D eigenvalue weighted by atomic mass is 9.85. The van der Waals surface area contributed by atoms with Gasteiger partial charge in [-0.05, 0) is 24.3 Å². The largest absolute Gasteiger partial charge is 0.476 e. The van der Waals surface area contributed by atoms with Gasteiger partial charge in [0.2, 0.25) is 5.91 Å². The van der Waals surface area contributed by atoms with Gasteiger partial charge in [0.25, 0.3) is 0 Å². The van der Waals surface area contributed by atoms with E-state index in [-0.39, 0.29) is 18.1 Å². The summed E-state index contributed by atoms with van der Waals surface area (Å²) in [5, 5.41) is 16.1. The number of amides is 1. The molecule has 0 bridgehead atoms. The molecule has 1 aromatic carbocycles. The Bertz CT molecular complexity index is 710. The Balaban J connectivity index is 1.68. The maximum Gasteiger partial charge on any atom is 0.358 e. The molecule has 1 heterocycles. The Labute approximate surface area is 139 Å². The van der Waals surface area contributed by atoms with Crippen molar-refractivity contribution in [2.24, 2.45) is 5.92 Å². The molecule has 7 heteroatoms. The van der Waals surface area contributed by atoms with E-state index in [0.717, 1.165) is 24.9 Å². The summed E-state index contributed by atoms with van der Waals surface area (Å²) in [6.07, 6.45) is 4.82. The molecule has 3 rings (SSSR count). The summed E-state index contributed by atoms with van der Waals surface area (Å²) in [5.74, 6) is -0.667. The first kappa shape index (κ1) is 16.2. The number of rotatable bonds is 7. The average Bonchev–Trinajstić information content (AvgIpc) is 2.99. The SMILES string of the molecule is O=C(O)c1cn(CC(=O)N(Cc2ccccc2)CC2CCC2)nn1. The molecule has 1 aliphatic rings. The van der Waals surface area contributed by atoms with Crippen molar-refractivity contribution in [3.63, 3.8) is 0 Å². The number of carboxylic acids is 1. The van der Waals surface area contributed by atoms with Gasteiger partial charge in [0, 0.05) is 13.1 Å². The van der Waals surface area contributed by atoms with Crippen LogP contribution in [0.25, 0.3) is 0 Å². The predicted molar refractivity (Wildman–Crippen MR) is 86.2 cm³/mol. The molecule has 1 amide bonds. The van der Waals surface area contributed by atoms with Gasteiger partial charge in [-0.2, -0.15) is 0 Å². The van der Waals surface area contributed by atoms with Crippen LogP contribution in [0, 0.1) is 5.92 Å². The third-order valence-corrected chi connectivity index (χ3v) is 4.33. The van der Waals surface area contributed by atoms with Gasteiger partial charge in [0.1, 0.15) is 6.54 Å². The Morgan fingerprint density at radius 3 is 2.58 bits per heavy atom. The van der Waals surface area contributed by atoms with Crippen LogP contribution in [0.15, 0.2) is 36.5 Å². The maximum atomic E-state index is 12.7. The minimum absolute atomic E-state index is 0.000165. The Kier molecular flexibility index (Phi) is 4.88. The molecule has 126 valence electrons. The first-order valence-corrected chi connectivity index (χ1v) is 8.07. The highest BCUT2D eigenvalue weighted by molar-refractivity contribution is 5.84. The van der Waals surface area contributed by atoms with Gasteiger partial charge in [-0.25, -0.2) is 9.48 Å². The number of carboxylic acid groups (broad SMARTS) is 1. The molecule has 0 unspecified atom stereocenters. The van der Waals surface area contributed by atoms with E-state index in [4.69, 9.17) is 5.11 Å². The Hall–Kier alpha value is -2.70. The van der Waals surface area contributed by atoms with Gasteiger partial charge in [-0.3, -0.25) is 4.79 Å². The van der Waals surface area contributed by atoms with Gasteiger partial charge < -0.3 is 10.0 Å². The number of benzene rings is 1. The highest BCUT2D eigenvalue weighted by atomic mass is 16.4. The highest BCUT2D eigenvalue weighted by Crippen LogP contribution is 2.27. The number of hydrogen-bond acceptors (Lipinski definition) is 4. The molecule has 0 saturated heterocycles. The molecular formula is C17H20N4O3. The molecule has 1 fully saturated rings. The van der Waals surface area contributed by atoms with Crippen LogP contribution in [0.5, 0.6) is 0 Å². The molecular weight excluding hydrogens is 308 g/mol. The molecule has 0 aliphatic heterocycles. The lowest BCUT2D eigenvalue weighted by molar-refractivity contribution is -0.133. The fourth-order valence-electron chi connectivity index (χ4n) is 2.76. The van der Waals surface area contributed by atoms with Crippen molar-refractivity contribution in [2.75, 3.05) is 6.54 Å². The van der Waals surface area contributed by atoms with Crippen molar-refractivity contribution in [1.29, 1.82) is 0 Å². The summed E-state index contributed by atoms with van der Waals surface area (Å²) in [6, 6.07) is 9.86. The molecule has 1 aliphatic carbocycles. The fraction of sp³-hybridized carbons (Fsp3) is 0.412. The number of carbonyl (C=O) groups excluding carboxylic acids is 1. The van der Waals surface area contributed by atoms with E-state index in [9.17, 15) is 9.59 Å². The second-order valence-corrected chi connectivity index (χ2v) is 6.16. The third-order valence-electron chi connectivity index (χ3n) is 4.33. The quantitative estimate of drug-likeness (QED) is 0.837. The van der Waals surface area contributed by atoms with Crippen molar-refractivity contribution in [3.8, 4) is 0 Å². The van der Waals surface area contributed by atoms with Gasteiger partial charge in [-0.1, -0.05) is 42.0 Å².